The van der Waals surface area contributed by atoms with Crippen LogP contribution in [-0.4, -0.2) is 30.4 Å². The number of benzene rings is 2. The predicted molar refractivity (Wildman–Crippen MR) is 106 cm³/mol. The van der Waals surface area contributed by atoms with Gasteiger partial charge in [0.2, 0.25) is 0 Å². The molecular weight excluding hydrogens is 538 g/mol. The highest BCUT2D eigenvalue weighted by atomic mass is 127. The molecule has 8 heteroatoms. The number of phenols is 1. The summed E-state index contributed by atoms with van der Waals surface area (Å²) in [4.78, 5) is 12.1. The van der Waals surface area contributed by atoms with E-state index in [-0.39, 0.29) is 11.7 Å². The monoisotopic (exact) mass is 550 g/mol. The van der Waals surface area contributed by atoms with E-state index in [2.05, 4.69) is 10.5 Å². The van der Waals surface area contributed by atoms with Crippen molar-refractivity contribution in [3.63, 3.8) is 0 Å². The summed E-state index contributed by atoms with van der Waals surface area (Å²) in [5.41, 5.74) is 3.69. The summed E-state index contributed by atoms with van der Waals surface area (Å²) in [6.07, 6.45) is 1.53. The molecule has 1 heterocycles. The smallest absolute Gasteiger partial charge is 0.271 e. The van der Waals surface area contributed by atoms with E-state index in [1.165, 1.54) is 6.21 Å². The van der Waals surface area contributed by atoms with Crippen molar-refractivity contribution in [2.24, 2.45) is 5.10 Å². The van der Waals surface area contributed by atoms with E-state index in [0.29, 0.717) is 30.3 Å². The summed E-state index contributed by atoms with van der Waals surface area (Å²) in [6.45, 7) is 0.974. The van der Waals surface area contributed by atoms with Gasteiger partial charge in [0.25, 0.3) is 5.91 Å². The van der Waals surface area contributed by atoms with Crippen LogP contribution in [0.1, 0.15) is 15.9 Å². The van der Waals surface area contributed by atoms with Crippen molar-refractivity contribution in [3.05, 3.63) is 48.6 Å². The molecule has 1 aliphatic rings. The Balaban J connectivity index is 1.69. The third kappa shape index (κ3) is 3.91. The molecule has 2 aromatic rings. The molecule has 0 spiro atoms. The zero-order valence-corrected chi connectivity index (χ0v) is 16.6. The van der Waals surface area contributed by atoms with E-state index in [9.17, 15) is 9.90 Å². The zero-order chi connectivity index (χ0) is 17.1. The first-order valence-electron chi connectivity index (χ1n) is 6.95. The van der Waals surface area contributed by atoms with Crippen LogP contribution >= 0.6 is 45.2 Å². The van der Waals surface area contributed by atoms with Gasteiger partial charge in [-0.1, -0.05) is 0 Å². The number of nitrogens with zero attached hydrogens (tertiary/aromatic N) is 1. The van der Waals surface area contributed by atoms with Crippen LogP contribution in [0, 0.1) is 7.14 Å². The summed E-state index contributed by atoms with van der Waals surface area (Å²) in [7, 11) is 0. The number of nitrogens with one attached hydrogen (secondary N) is 1. The van der Waals surface area contributed by atoms with Crippen LogP contribution < -0.4 is 14.9 Å². The van der Waals surface area contributed by atoms with E-state index in [1.54, 1.807) is 30.3 Å². The Hall–Kier alpha value is -1.56. The van der Waals surface area contributed by atoms with Crippen molar-refractivity contribution in [2.45, 2.75) is 0 Å². The lowest BCUT2D eigenvalue weighted by Gasteiger charge is -2.18. The maximum Gasteiger partial charge on any atom is 0.271 e. The number of hydrazone groups is 1. The summed E-state index contributed by atoms with van der Waals surface area (Å²) >= 11 is 4.08. The molecule has 6 nitrogen and oxygen atoms in total. The summed E-state index contributed by atoms with van der Waals surface area (Å²) in [6, 6.07) is 8.55. The molecule has 24 heavy (non-hydrogen) atoms. The molecule has 0 aromatic heterocycles. The molecular formula is C16H12I2N2O4. The molecule has 2 N–H and O–H groups in total. The lowest BCUT2D eigenvalue weighted by molar-refractivity contribution is 0.0954. The number of carbonyl (C=O) groups excluding carboxylic acids is 1. The highest BCUT2D eigenvalue weighted by molar-refractivity contribution is 14.1. The standard InChI is InChI=1S/C16H12I2N2O4/c17-11-5-9(6-12(18)15(11)21)8-19-20-16(22)10-1-2-13-14(7-10)24-4-3-23-13/h1-2,5-8,21H,3-4H2,(H,20,22)/b19-8+. The molecule has 0 atom stereocenters. The number of carbonyl (C=O) groups is 1. The molecule has 0 radical (unpaired) electrons. The van der Waals surface area contributed by atoms with Gasteiger partial charge >= 0.3 is 0 Å². The molecule has 0 fully saturated rings. The van der Waals surface area contributed by atoms with E-state index >= 15 is 0 Å². The minimum atomic E-state index is -0.341. The molecule has 0 unspecified atom stereocenters. The number of phenolic OH excluding ortho intramolecular Hbond substituents is 1. The molecule has 2 aromatic carbocycles. The number of hydrogen-bond acceptors (Lipinski definition) is 5. The van der Waals surface area contributed by atoms with Crippen molar-refractivity contribution in [1.29, 1.82) is 0 Å². The number of fused-ring (bicyclic) bond motifs is 1. The average Bonchev–Trinajstić information content (AvgIpc) is 2.59. The van der Waals surface area contributed by atoms with Gasteiger partial charge in [0.1, 0.15) is 19.0 Å². The summed E-state index contributed by atoms with van der Waals surface area (Å²) in [5, 5.41) is 13.7. The molecule has 124 valence electrons. The molecule has 0 bridgehead atoms. The second-order valence-electron chi connectivity index (χ2n) is 4.89. The Morgan fingerprint density at radius 3 is 2.50 bits per heavy atom. The van der Waals surface area contributed by atoms with Crippen LogP contribution in [0.4, 0.5) is 0 Å². The van der Waals surface area contributed by atoms with Gasteiger partial charge < -0.3 is 14.6 Å². The number of ether oxygens (including phenoxy) is 2. The summed E-state index contributed by atoms with van der Waals surface area (Å²) in [5.74, 6) is 1.09. The lowest BCUT2D eigenvalue weighted by Crippen LogP contribution is -2.19. The van der Waals surface area contributed by atoms with Gasteiger partial charge in [0, 0.05) is 5.56 Å². The van der Waals surface area contributed by atoms with Crippen molar-refractivity contribution >= 4 is 57.3 Å². The fourth-order valence-corrected chi connectivity index (χ4v) is 3.89. The first-order chi connectivity index (χ1) is 11.5. The van der Waals surface area contributed by atoms with Crippen LogP contribution in [0.15, 0.2) is 35.4 Å². The largest absolute Gasteiger partial charge is 0.506 e. The van der Waals surface area contributed by atoms with Crippen molar-refractivity contribution < 1.29 is 19.4 Å². The topological polar surface area (TPSA) is 80.2 Å². The second kappa shape index (κ2) is 7.55. The van der Waals surface area contributed by atoms with Crippen LogP contribution in [0.2, 0.25) is 0 Å². The van der Waals surface area contributed by atoms with Gasteiger partial charge in [0.15, 0.2) is 11.5 Å². The van der Waals surface area contributed by atoms with Gasteiger partial charge in [0.05, 0.1) is 13.4 Å². The van der Waals surface area contributed by atoms with Crippen molar-refractivity contribution in [1.82, 2.24) is 5.43 Å². The molecule has 1 aliphatic heterocycles. The van der Waals surface area contributed by atoms with E-state index in [1.807, 2.05) is 45.2 Å². The van der Waals surface area contributed by atoms with Crippen LogP contribution in [0.25, 0.3) is 0 Å². The van der Waals surface area contributed by atoms with Gasteiger partial charge in [-0.3, -0.25) is 4.79 Å². The normalized spacial score (nSPS) is 13.1. The van der Waals surface area contributed by atoms with Gasteiger partial charge in [-0.15, -0.1) is 0 Å². The Labute approximate surface area is 165 Å². The van der Waals surface area contributed by atoms with Crippen molar-refractivity contribution in [2.75, 3.05) is 13.2 Å². The molecule has 1 amide bonds. The first-order valence-corrected chi connectivity index (χ1v) is 9.11. The quantitative estimate of drug-likeness (QED) is 0.350. The van der Waals surface area contributed by atoms with E-state index in [4.69, 9.17) is 9.47 Å². The van der Waals surface area contributed by atoms with Gasteiger partial charge in [-0.25, -0.2) is 5.43 Å². The maximum atomic E-state index is 12.1. The van der Waals surface area contributed by atoms with Crippen LogP contribution in [0.3, 0.4) is 0 Å². The number of rotatable bonds is 3. The molecule has 0 saturated heterocycles. The Bertz CT molecular complexity index is 801. The Morgan fingerprint density at radius 2 is 1.79 bits per heavy atom. The number of amides is 1. The third-order valence-electron chi connectivity index (χ3n) is 3.22. The minimum absolute atomic E-state index is 0.244. The fourth-order valence-electron chi connectivity index (χ4n) is 2.07. The predicted octanol–water partition coefficient (Wildman–Crippen LogP) is 3.14. The van der Waals surface area contributed by atoms with Gasteiger partial charge in [-0.05, 0) is 81.1 Å². The second-order valence-corrected chi connectivity index (χ2v) is 7.22. The molecule has 0 saturated carbocycles. The third-order valence-corrected chi connectivity index (χ3v) is 4.87. The first kappa shape index (κ1) is 17.3. The zero-order valence-electron chi connectivity index (χ0n) is 12.3. The van der Waals surface area contributed by atoms with Crippen LogP contribution in [0.5, 0.6) is 17.2 Å². The highest BCUT2D eigenvalue weighted by Crippen LogP contribution is 2.30. The molecule has 3 rings (SSSR count). The Kier molecular flexibility index (Phi) is 5.43. The Morgan fingerprint density at radius 1 is 1.12 bits per heavy atom. The fraction of sp³-hybridized carbons (Fsp3) is 0.125. The van der Waals surface area contributed by atoms with Gasteiger partial charge in [-0.2, -0.15) is 5.10 Å². The number of hydrogen-bond donors (Lipinski definition) is 2. The average molecular weight is 550 g/mol. The number of aromatic hydroxyl groups is 1. The minimum Gasteiger partial charge on any atom is -0.506 e. The highest BCUT2D eigenvalue weighted by Gasteiger charge is 2.14. The number of halogens is 2. The van der Waals surface area contributed by atoms with Crippen molar-refractivity contribution in [3.8, 4) is 17.2 Å². The molecule has 0 aliphatic carbocycles. The van der Waals surface area contributed by atoms with E-state index in [0.717, 1.165) is 12.7 Å². The van der Waals surface area contributed by atoms with E-state index < -0.39 is 0 Å². The maximum absolute atomic E-state index is 12.1. The lowest BCUT2D eigenvalue weighted by atomic mass is 10.2. The SMILES string of the molecule is O=C(N/N=C/c1cc(I)c(O)c(I)c1)c1ccc2c(c1)OCCO2. The van der Waals surface area contributed by atoms with Crippen LogP contribution in [-0.2, 0) is 0 Å². The summed E-state index contributed by atoms with van der Waals surface area (Å²) < 4.78 is 12.3.